The lowest BCUT2D eigenvalue weighted by molar-refractivity contribution is 0.0989. The van der Waals surface area contributed by atoms with Gasteiger partial charge in [-0.3, -0.25) is 4.72 Å². The van der Waals surface area contributed by atoms with Crippen molar-refractivity contribution in [2.75, 3.05) is 53.1 Å². The minimum Gasteiger partial charge on any atom is -0.395 e. The third-order valence-electron chi connectivity index (χ3n) is 8.89. The molecule has 1 aromatic carbocycles. The fraction of sp³-hybridized carbons (Fsp3) is 0.536. The first-order chi connectivity index (χ1) is 19.3. The van der Waals surface area contributed by atoms with E-state index in [2.05, 4.69) is 37.8 Å². The smallest absolute Gasteiger partial charge is 0.234 e. The summed E-state index contributed by atoms with van der Waals surface area (Å²) in [6, 6.07) is 10.0. The highest BCUT2D eigenvalue weighted by Crippen LogP contribution is 2.54. The van der Waals surface area contributed by atoms with Crippen molar-refractivity contribution in [3.8, 4) is 17.1 Å². The summed E-state index contributed by atoms with van der Waals surface area (Å²) in [7, 11) is -3.64. The van der Waals surface area contributed by atoms with Gasteiger partial charge in [0.15, 0.2) is 5.82 Å². The Hall–Kier alpha value is -3.22. The maximum Gasteiger partial charge on any atom is 0.234 e. The molecule has 2 bridgehead atoms. The molecule has 4 aliphatic rings. The van der Waals surface area contributed by atoms with Gasteiger partial charge in [0.05, 0.1) is 43.0 Å². The molecule has 1 aliphatic carbocycles. The number of fused-ring (bicyclic) bond motifs is 2. The predicted octanol–water partition coefficient (Wildman–Crippen LogP) is 2.73. The molecule has 2 atom stereocenters. The Morgan fingerprint density at radius 1 is 1.12 bits per heavy atom. The third kappa shape index (κ3) is 4.92. The molecule has 12 heteroatoms. The van der Waals surface area contributed by atoms with Gasteiger partial charge in [-0.15, -0.1) is 5.10 Å². The Labute approximate surface area is 234 Å². The van der Waals surface area contributed by atoms with E-state index in [9.17, 15) is 8.42 Å². The molecule has 40 heavy (non-hydrogen) atoms. The van der Waals surface area contributed by atoms with E-state index in [0.717, 1.165) is 68.1 Å². The highest BCUT2D eigenvalue weighted by atomic mass is 32.2. The molecule has 212 valence electrons. The van der Waals surface area contributed by atoms with Crippen LogP contribution in [0.1, 0.15) is 37.7 Å². The molecule has 7 rings (SSSR count). The summed E-state index contributed by atoms with van der Waals surface area (Å²) < 4.78 is 34.8. The minimum atomic E-state index is -3.64. The Bertz CT molecular complexity index is 1530. The molecule has 1 spiro atoms. The first-order valence-corrected chi connectivity index (χ1v) is 15.8. The number of hydrogen-bond acceptors (Lipinski definition) is 9. The van der Waals surface area contributed by atoms with Crippen LogP contribution >= 0.6 is 0 Å². The number of aromatic nitrogens is 4. The molecular weight excluding hydrogens is 530 g/mol. The second-order valence-corrected chi connectivity index (χ2v) is 13.6. The summed E-state index contributed by atoms with van der Waals surface area (Å²) in [5.41, 5.74) is 4.60. The van der Waals surface area contributed by atoms with Gasteiger partial charge in [0.2, 0.25) is 10.0 Å². The van der Waals surface area contributed by atoms with Crippen molar-refractivity contribution in [1.82, 2.24) is 20.0 Å². The second-order valence-electron chi connectivity index (χ2n) is 11.8. The first-order valence-electron chi connectivity index (χ1n) is 14.1. The van der Waals surface area contributed by atoms with E-state index in [1.54, 1.807) is 10.7 Å². The zero-order valence-corrected chi connectivity index (χ0v) is 23.5. The molecule has 2 N–H and O–H groups in total. The number of anilines is 3. The van der Waals surface area contributed by atoms with E-state index in [1.165, 1.54) is 12.8 Å². The van der Waals surface area contributed by atoms with E-state index in [0.29, 0.717) is 28.7 Å². The lowest BCUT2D eigenvalue weighted by Gasteiger charge is -2.35. The summed E-state index contributed by atoms with van der Waals surface area (Å²) in [6.07, 6.45) is 8.11. The van der Waals surface area contributed by atoms with Gasteiger partial charge in [-0.2, -0.15) is 0 Å². The number of nitrogens with one attached hydrogen (secondary N) is 1. The molecule has 5 heterocycles. The number of aliphatic hydroxyl groups is 1. The van der Waals surface area contributed by atoms with Crippen molar-refractivity contribution < 1.29 is 18.3 Å². The highest BCUT2D eigenvalue weighted by Gasteiger charge is 2.44. The minimum absolute atomic E-state index is 0.285. The van der Waals surface area contributed by atoms with Gasteiger partial charge >= 0.3 is 0 Å². The molecule has 11 nitrogen and oxygen atoms in total. The maximum absolute atomic E-state index is 12.4. The van der Waals surface area contributed by atoms with Crippen LogP contribution in [0.4, 0.5) is 17.2 Å². The van der Waals surface area contributed by atoms with E-state index in [1.807, 2.05) is 24.4 Å². The van der Waals surface area contributed by atoms with Gasteiger partial charge in [0.25, 0.3) is 0 Å². The normalized spacial score (nSPS) is 23.2. The number of aryl methyl sites for hydroxylation is 1. The quantitative estimate of drug-likeness (QED) is 0.424. The van der Waals surface area contributed by atoms with Crippen molar-refractivity contribution in [3.05, 3.63) is 42.1 Å². The Morgan fingerprint density at radius 2 is 1.93 bits per heavy atom. The molecule has 0 radical (unpaired) electrons. The number of pyridine rings is 1. The van der Waals surface area contributed by atoms with E-state index < -0.39 is 16.6 Å². The van der Waals surface area contributed by atoms with Crippen LogP contribution in [0.25, 0.3) is 17.1 Å². The molecule has 0 amide bonds. The average Bonchev–Trinajstić information content (AvgIpc) is 3.32. The fourth-order valence-electron chi connectivity index (χ4n) is 6.40. The number of rotatable bonds is 8. The number of piperidine rings is 1. The average molecular weight is 566 g/mol. The van der Waals surface area contributed by atoms with Crippen LogP contribution in [0, 0.1) is 12.3 Å². The zero-order valence-electron chi connectivity index (χ0n) is 22.7. The van der Waals surface area contributed by atoms with Gasteiger partial charge < -0.3 is 19.6 Å². The summed E-state index contributed by atoms with van der Waals surface area (Å²) in [5.74, 6) is 1.30. The molecule has 3 aromatic rings. The fourth-order valence-corrected chi connectivity index (χ4v) is 7.23. The van der Waals surface area contributed by atoms with Gasteiger partial charge in [0, 0.05) is 30.9 Å². The summed E-state index contributed by atoms with van der Waals surface area (Å²) in [5, 5.41) is 18.1. The van der Waals surface area contributed by atoms with E-state index in [-0.39, 0.29) is 11.9 Å². The number of ether oxygens (including phenoxy) is 1. The SMILES string of the molecule is Cc1cc(N2CC3CC2CO3)nc(-n2cc(-c3ccc(NS(=O)(=O)CCO)cc3N3CCC4(CC3)CC4)nn2)c1. The summed E-state index contributed by atoms with van der Waals surface area (Å²) >= 11 is 0. The number of aliphatic hydroxyl groups excluding tert-OH is 1. The molecule has 3 aliphatic heterocycles. The van der Waals surface area contributed by atoms with Gasteiger partial charge in [-0.25, -0.2) is 18.1 Å². The summed E-state index contributed by atoms with van der Waals surface area (Å²) in [4.78, 5) is 9.60. The van der Waals surface area contributed by atoms with Crippen LogP contribution in [-0.2, 0) is 14.8 Å². The number of sulfonamides is 1. The molecular formula is C28H35N7O4S. The van der Waals surface area contributed by atoms with Crippen molar-refractivity contribution in [3.63, 3.8) is 0 Å². The molecule has 4 fully saturated rings. The van der Waals surface area contributed by atoms with Crippen molar-refractivity contribution >= 4 is 27.2 Å². The topological polar surface area (TPSA) is 126 Å². The van der Waals surface area contributed by atoms with E-state index in [4.69, 9.17) is 14.8 Å². The largest absolute Gasteiger partial charge is 0.395 e. The maximum atomic E-state index is 12.4. The van der Waals surface area contributed by atoms with Crippen molar-refractivity contribution in [2.45, 2.75) is 51.2 Å². The first kappa shape index (κ1) is 25.7. The lowest BCUT2D eigenvalue weighted by atomic mass is 9.93. The van der Waals surface area contributed by atoms with Crippen LogP contribution in [0.15, 0.2) is 36.5 Å². The van der Waals surface area contributed by atoms with Crippen LogP contribution < -0.4 is 14.5 Å². The molecule has 2 unspecified atom stereocenters. The van der Waals surface area contributed by atoms with Gasteiger partial charge in [-0.1, -0.05) is 5.21 Å². The Kier molecular flexibility index (Phi) is 6.24. The van der Waals surface area contributed by atoms with Crippen LogP contribution in [0.5, 0.6) is 0 Å². The summed E-state index contributed by atoms with van der Waals surface area (Å²) in [6.45, 7) is 5.07. The monoisotopic (exact) mass is 565 g/mol. The van der Waals surface area contributed by atoms with E-state index >= 15 is 0 Å². The molecule has 1 saturated carbocycles. The standard InChI is InChI=1S/C28H35N7O4S/c1-19-12-26(34-16-22-15-21(34)18-39-22)29-27(13-19)35-17-24(30-32-35)23-3-2-20(31-40(37,38)11-10-36)14-25(23)33-8-6-28(4-5-28)7-9-33/h2-3,12-14,17,21-22,31,36H,4-11,15-16,18H2,1H3. The molecule has 3 saturated heterocycles. The highest BCUT2D eigenvalue weighted by molar-refractivity contribution is 7.92. The van der Waals surface area contributed by atoms with Gasteiger partial charge in [0.1, 0.15) is 11.5 Å². The number of hydrogen-bond donors (Lipinski definition) is 2. The van der Waals surface area contributed by atoms with Crippen molar-refractivity contribution in [1.29, 1.82) is 0 Å². The number of nitrogens with zero attached hydrogens (tertiary/aromatic N) is 6. The Morgan fingerprint density at radius 3 is 2.62 bits per heavy atom. The predicted molar refractivity (Wildman–Crippen MR) is 152 cm³/mol. The zero-order chi connectivity index (χ0) is 27.5. The van der Waals surface area contributed by atoms with Crippen LogP contribution in [-0.4, -0.2) is 84.2 Å². The van der Waals surface area contributed by atoms with Crippen molar-refractivity contribution in [2.24, 2.45) is 5.41 Å². The second kappa shape index (κ2) is 9.71. The number of morpholine rings is 1. The molecule has 2 aromatic heterocycles. The Balaban J connectivity index is 1.20. The lowest BCUT2D eigenvalue weighted by Crippen LogP contribution is -2.37. The third-order valence-corrected chi connectivity index (χ3v) is 10.2. The van der Waals surface area contributed by atoms with Crippen LogP contribution in [0.3, 0.4) is 0 Å². The van der Waals surface area contributed by atoms with Crippen LogP contribution in [0.2, 0.25) is 0 Å². The van der Waals surface area contributed by atoms with Gasteiger partial charge in [-0.05, 0) is 80.3 Å². The number of benzene rings is 1.